The maximum atomic E-state index is 12.3. The van der Waals surface area contributed by atoms with Crippen LogP contribution in [-0.4, -0.2) is 15.8 Å². The lowest BCUT2D eigenvalue weighted by atomic mass is 10.0. The summed E-state index contributed by atoms with van der Waals surface area (Å²) in [7, 11) is 0. The van der Waals surface area contributed by atoms with E-state index in [4.69, 9.17) is 11.1 Å². The van der Waals surface area contributed by atoms with Gasteiger partial charge in [0.05, 0.1) is 11.4 Å². The van der Waals surface area contributed by atoms with Crippen molar-refractivity contribution in [2.24, 2.45) is 0 Å². The van der Waals surface area contributed by atoms with E-state index in [9.17, 15) is 8.99 Å². The van der Waals surface area contributed by atoms with E-state index < -0.39 is 0 Å². The molecule has 7 heteroatoms. The fourth-order valence-corrected chi connectivity index (χ4v) is 1.89. The smallest absolute Gasteiger partial charge is 0.162 e. The Kier molecular flexibility index (Phi) is 3.86. The van der Waals surface area contributed by atoms with Crippen molar-refractivity contribution in [3.05, 3.63) is 47.7 Å². The van der Waals surface area contributed by atoms with Crippen molar-refractivity contribution in [1.82, 2.24) is 4.98 Å². The average molecular weight is 278 g/mol. The highest BCUT2D eigenvalue weighted by Gasteiger charge is 2.12. The molecule has 0 spiro atoms. The highest BCUT2D eigenvalue weighted by molar-refractivity contribution is 7.95. The molecule has 0 aliphatic carbocycles. The zero-order valence-corrected chi connectivity index (χ0v) is 10.5. The number of phenols is 1. The number of rotatable bonds is 4. The van der Waals surface area contributed by atoms with Crippen LogP contribution in [0.25, 0.3) is 0 Å². The second-order valence-electron chi connectivity index (χ2n) is 3.75. The summed E-state index contributed by atoms with van der Waals surface area (Å²) in [4.78, 5) is 3.84. The van der Waals surface area contributed by atoms with Crippen molar-refractivity contribution < 1.29 is 8.99 Å². The van der Waals surface area contributed by atoms with Crippen molar-refractivity contribution in [1.29, 1.82) is 5.41 Å². The Morgan fingerprint density at radius 2 is 2.16 bits per heavy atom. The Morgan fingerprint density at radius 3 is 2.84 bits per heavy atom. The molecule has 98 valence electrons. The Hall–Kier alpha value is -2.28. The Bertz CT molecular complexity index is 620. The average Bonchev–Trinajstić information content (AvgIpc) is 2.40. The molecule has 0 bridgehead atoms. The van der Waals surface area contributed by atoms with E-state index in [1.54, 1.807) is 12.1 Å². The summed E-state index contributed by atoms with van der Waals surface area (Å²) in [6.45, 7) is 0. The van der Waals surface area contributed by atoms with Crippen molar-refractivity contribution in [3.8, 4) is 5.75 Å². The quantitative estimate of drug-likeness (QED) is 0.392. The monoisotopic (exact) mass is 278 g/mol. The molecular weight excluding hydrogens is 267 g/mol. The molecule has 2 rings (SSSR count). The topological polar surface area (TPSA) is 95.0 Å². The molecule has 1 aromatic heterocycles. The van der Waals surface area contributed by atoms with Gasteiger partial charge in [-0.1, -0.05) is 0 Å². The lowest BCUT2D eigenvalue weighted by Crippen LogP contribution is -2.05. The van der Waals surface area contributed by atoms with Crippen LogP contribution in [0.5, 0.6) is 5.75 Å². The number of nitrogens with one attached hydrogen (secondary N) is 2. The van der Waals surface area contributed by atoms with Crippen LogP contribution in [0.3, 0.4) is 0 Å². The maximum Gasteiger partial charge on any atom is 0.162 e. The number of nitrogen functional groups attached to an aromatic ring is 1. The molecule has 1 aromatic carbocycles. The lowest BCUT2D eigenvalue weighted by molar-refractivity contribution is 0.475. The number of halogens is 1. The Balaban J connectivity index is 2.45. The molecule has 2 aromatic rings. The SMILES string of the molecule is N=C(c1ccnc(N)c1)c1cc(O)ccc1NSF. The van der Waals surface area contributed by atoms with Gasteiger partial charge in [-0.15, -0.1) is 3.89 Å². The molecule has 1 heterocycles. The third-order valence-electron chi connectivity index (χ3n) is 2.49. The van der Waals surface area contributed by atoms with Crippen LogP contribution in [0.1, 0.15) is 11.1 Å². The van der Waals surface area contributed by atoms with Crippen LogP contribution in [-0.2, 0) is 0 Å². The molecule has 0 aliphatic rings. The van der Waals surface area contributed by atoms with E-state index in [1.165, 1.54) is 24.4 Å². The van der Waals surface area contributed by atoms with E-state index in [0.717, 1.165) is 0 Å². The number of anilines is 2. The van der Waals surface area contributed by atoms with E-state index in [-0.39, 0.29) is 29.6 Å². The van der Waals surface area contributed by atoms with Gasteiger partial charge in [-0.2, -0.15) is 0 Å². The molecular formula is C12H11FN4OS. The summed E-state index contributed by atoms with van der Waals surface area (Å²) in [5, 5.41) is 17.6. The number of pyridine rings is 1. The normalized spacial score (nSPS) is 10.2. The number of aromatic nitrogens is 1. The molecule has 0 fully saturated rings. The first-order valence-corrected chi connectivity index (χ1v) is 6.01. The van der Waals surface area contributed by atoms with Gasteiger partial charge in [-0.05, 0) is 30.3 Å². The first-order chi connectivity index (χ1) is 9.11. The molecule has 5 nitrogen and oxygen atoms in total. The minimum Gasteiger partial charge on any atom is -0.508 e. The summed E-state index contributed by atoms with van der Waals surface area (Å²) in [5.41, 5.74) is 6.97. The molecule has 0 amide bonds. The largest absolute Gasteiger partial charge is 0.508 e. The number of nitrogens with two attached hydrogens (primary N) is 1. The van der Waals surface area contributed by atoms with Crippen LogP contribution in [0, 0.1) is 5.41 Å². The summed E-state index contributed by atoms with van der Waals surface area (Å²) < 4.78 is 14.8. The van der Waals surface area contributed by atoms with Gasteiger partial charge in [0.1, 0.15) is 11.6 Å². The van der Waals surface area contributed by atoms with Crippen molar-refractivity contribution in [3.63, 3.8) is 0 Å². The standard InChI is InChI=1S/C12H11FN4OS/c13-19-17-10-2-1-8(18)6-9(10)12(15)7-3-4-16-11(14)5-7/h1-6,15,17-18H,(H2,14,16). The zero-order chi connectivity index (χ0) is 13.8. The van der Waals surface area contributed by atoms with Gasteiger partial charge >= 0.3 is 0 Å². The van der Waals surface area contributed by atoms with Gasteiger partial charge in [0, 0.05) is 17.3 Å². The summed E-state index contributed by atoms with van der Waals surface area (Å²) in [6.07, 6.45) is 1.49. The number of benzene rings is 1. The van der Waals surface area contributed by atoms with Crippen LogP contribution in [0.4, 0.5) is 15.4 Å². The fraction of sp³-hybridized carbons (Fsp3) is 0. The van der Waals surface area contributed by atoms with E-state index in [1.807, 2.05) is 0 Å². The maximum absolute atomic E-state index is 12.3. The molecule has 0 saturated carbocycles. The lowest BCUT2D eigenvalue weighted by Gasteiger charge is -2.11. The van der Waals surface area contributed by atoms with Crippen molar-refractivity contribution >= 4 is 29.6 Å². The van der Waals surface area contributed by atoms with Crippen LogP contribution >= 0.6 is 12.3 Å². The van der Waals surface area contributed by atoms with Crippen molar-refractivity contribution in [2.75, 3.05) is 10.5 Å². The Labute approximate surface area is 113 Å². The van der Waals surface area contributed by atoms with Gasteiger partial charge < -0.3 is 15.6 Å². The first-order valence-electron chi connectivity index (χ1n) is 5.29. The number of phenolic OH excluding ortho intramolecular Hbond substituents is 1. The van der Waals surface area contributed by atoms with E-state index in [2.05, 4.69) is 9.71 Å². The fourth-order valence-electron chi connectivity index (χ4n) is 1.63. The highest BCUT2D eigenvalue weighted by Crippen LogP contribution is 2.26. The van der Waals surface area contributed by atoms with Gasteiger partial charge in [0.2, 0.25) is 0 Å². The van der Waals surface area contributed by atoms with Gasteiger partial charge in [-0.25, -0.2) is 4.98 Å². The summed E-state index contributed by atoms with van der Waals surface area (Å²) in [5.74, 6) is 0.285. The number of aromatic hydroxyl groups is 1. The molecule has 0 unspecified atom stereocenters. The Morgan fingerprint density at radius 1 is 1.37 bits per heavy atom. The first kappa shape index (κ1) is 13.2. The van der Waals surface area contributed by atoms with Crippen LogP contribution in [0.2, 0.25) is 0 Å². The molecule has 0 radical (unpaired) electrons. The molecule has 0 saturated heterocycles. The van der Waals surface area contributed by atoms with Crippen LogP contribution in [0.15, 0.2) is 36.5 Å². The molecule has 0 atom stereocenters. The van der Waals surface area contributed by atoms with Gasteiger partial charge in [0.15, 0.2) is 12.3 Å². The van der Waals surface area contributed by atoms with Crippen LogP contribution < -0.4 is 10.5 Å². The molecule has 5 N–H and O–H groups in total. The zero-order valence-electron chi connectivity index (χ0n) is 9.72. The molecule has 19 heavy (non-hydrogen) atoms. The second-order valence-corrected chi connectivity index (χ2v) is 4.11. The number of hydrogen-bond donors (Lipinski definition) is 4. The minimum atomic E-state index is -0.0748. The third kappa shape index (κ3) is 2.94. The third-order valence-corrected chi connectivity index (χ3v) is 2.79. The predicted octanol–water partition coefficient (Wildman–Crippen LogP) is 2.73. The van der Waals surface area contributed by atoms with Gasteiger partial charge in [-0.3, -0.25) is 5.41 Å². The number of hydrogen-bond acceptors (Lipinski definition) is 6. The molecule has 0 aliphatic heterocycles. The predicted molar refractivity (Wildman–Crippen MR) is 75.0 cm³/mol. The van der Waals surface area contributed by atoms with Gasteiger partial charge in [0.25, 0.3) is 0 Å². The van der Waals surface area contributed by atoms with Crippen molar-refractivity contribution in [2.45, 2.75) is 0 Å². The minimum absolute atomic E-state index is 0.00353. The highest BCUT2D eigenvalue weighted by atomic mass is 32.2. The summed E-state index contributed by atoms with van der Waals surface area (Å²) in [6, 6.07) is 7.46. The second kappa shape index (κ2) is 5.57. The van der Waals surface area contributed by atoms with E-state index in [0.29, 0.717) is 16.8 Å². The van der Waals surface area contributed by atoms with E-state index >= 15 is 0 Å². The summed E-state index contributed by atoms with van der Waals surface area (Å²) >= 11 is -0.0748. The number of nitrogens with zero attached hydrogens (tertiary/aromatic N) is 1.